The van der Waals surface area contributed by atoms with Crippen LogP contribution in [0.25, 0.3) is 0 Å². The fourth-order valence-corrected chi connectivity index (χ4v) is 3.60. The Morgan fingerprint density at radius 1 is 0.577 bits per heavy atom. The molecule has 0 N–H and O–H groups in total. The van der Waals surface area contributed by atoms with Crippen molar-refractivity contribution in [1.29, 1.82) is 0 Å². The van der Waals surface area contributed by atoms with Gasteiger partial charge in [-0.1, -0.05) is 90.9 Å². The van der Waals surface area contributed by atoms with Crippen LogP contribution in [0.4, 0.5) is 0 Å². The highest BCUT2D eigenvalue weighted by atomic mass is 16.5. The van der Waals surface area contributed by atoms with E-state index in [4.69, 9.17) is 9.47 Å². The zero-order chi connectivity index (χ0) is 19.6. The van der Waals surface area contributed by atoms with Crippen molar-refractivity contribution < 1.29 is 9.47 Å². The van der Waals surface area contributed by atoms with Gasteiger partial charge in [-0.25, -0.2) is 0 Å². The first-order chi connectivity index (χ1) is 12.5. The predicted molar refractivity (Wildman–Crippen MR) is 116 cm³/mol. The molecule has 0 heterocycles. The van der Waals surface area contributed by atoms with E-state index in [1.807, 2.05) is 0 Å². The van der Waals surface area contributed by atoms with Crippen LogP contribution in [0.15, 0.2) is 0 Å². The Kier molecular flexibility index (Phi) is 18.2. The van der Waals surface area contributed by atoms with Crippen LogP contribution < -0.4 is 0 Å². The second-order valence-corrected chi connectivity index (χ2v) is 8.39. The van der Waals surface area contributed by atoms with Crippen molar-refractivity contribution in [1.82, 2.24) is 0 Å². The zero-order valence-electron chi connectivity index (χ0n) is 18.7. The molecule has 157 valence electrons. The third-order valence-electron chi connectivity index (χ3n) is 4.95. The van der Waals surface area contributed by atoms with Gasteiger partial charge in [0.05, 0.1) is 24.4 Å². The molecule has 0 fully saturated rings. The first-order valence-corrected chi connectivity index (χ1v) is 11.6. The van der Waals surface area contributed by atoms with E-state index in [-0.39, 0.29) is 24.4 Å². The van der Waals surface area contributed by atoms with Gasteiger partial charge in [0.15, 0.2) is 0 Å². The van der Waals surface area contributed by atoms with Gasteiger partial charge in [0.25, 0.3) is 0 Å². The number of hydrogen-bond acceptors (Lipinski definition) is 2. The van der Waals surface area contributed by atoms with E-state index in [0.717, 1.165) is 19.3 Å². The Hall–Kier alpha value is -0.0800. The molecule has 0 aromatic heterocycles. The van der Waals surface area contributed by atoms with Gasteiger partial charge >= 0.3 is 0 Å². The normalized spacial score (nSPS) is 14.3. The molecule has 2 atom stereocenters. The Morgan fingerprint density at radius 2 is 0.962 bits per heavy atom. The minimum Gasteiger partial charge on any atom is -0.373 e. The molecule has 0 bridgehead atoms. The molecular formula is C24H49O2. The summed E-state index contributed by atoms with van der Waals surface area (Å²) in [5.41, 5.74) is 0. The van der Waals surface area contributed by atoms with Crippen molar-refractivity contribution in [2.24, 2.45) is 0 Å². The maximum absolute atomic E-state index is 6.18. The molecular weight excluding hydrogens is 320 g/mol. The van der Waals surface area contributed by atoms with E-state index < -0.39 is 0 Å². The van der Waals surface area contributed by atoms with Crippen LogP contribution in [0.1, 0.15) is 125 Å². The Morgan fingerprint density at radius 3 is 1.35 bits per heavy atom. The van der Waals surface area contributed by atoms with Gasteiger partial charge in [0.1, 0.15) is 0 Å². The number of unbranched alkanes of at least 4 members (excludes halogenated alkanes) is 11. The zero-order valence-corrected chi connectivity index (χ0v) is 18.7. The smallest absolute Gasteiger partial charge is 0.0840 e. The van der Waals surface area contributed by atoms with Crippen LogP contribution in [0.2, 0.25) is 0 Å². The van der Waals surface area contributed by atoms with E-state index >= 15 is 0 Å². The summed E-state index contributed by atoms with van der Waals surface area (Å²) in [7, 11) is 0. The van der Waals surface area contributed by atoms with Crippen LogP contribution in [0.3, 0.4) is 0 Å². The summed E-state index contributed by atoms with van der Waals surface area (Å²) in [4.78, 5) is 0. The molecule has 2 heteroatoms. The molecule has 0 aromatic rings. The van der Waals surface area contributed by atoms with Crippen LogP contribution in [0, 0.1) is 6.92 Å². The summed E-state index contributed by atoms with van der Waals surface area (Å²) < 4.78 is 12.3. The van der Waals surface area contributed by atoms with Gasteiger partial charge < -0.3 is 9.47 Å². The summed E-state index contributed by atoms with van der Waals surface area (Å²) in [6, 6.07) is 0. The van der Waals surface area contributed by atoms with Crippen LogP contribution in [0.5, 0.6) is 0 Å². The number of hydrogen-bond donors (Lipinski definition) is 0. The van der Waals surface area contributed by atoms with Crippen LogP contribution >= 0.6 is 0 Å². The Bertz CT molecular complexity index is 275. The maximum atomic E-state index is 6.18. The highest BCUT2D eigenvalue weighted by molar-refractivity contribution is 4.72. The molecule has 0 rings (SSSR count). The highest BCUT2D eigenvalue weighted by Crippen LogP contribution is 2.20. The van der Waals surface area contributed by atoms with E-state index in [1.54, 1.807) is 0 Å². The van der Waals surface area contributed by atoms with E-state index in [2.05, 4.69) is 41.5 Å². The van der Waals surface area contributed by atoms with Crippen molar-refractivity contribution in [3.05, 3.63) is 6.92 Å². The Labute approximate surface area is 165 Å². The molecule has 2 unspecified atom stereocenters. The third-order valence-corrected chi connectivity index (χ3v) is 4.95. The standard InChI is InChI=1S/C24H49O2/c1-7-9-10-11-12-13-14-15-16-17-18-19-20-24(26-22(5)6)23(8-2)25-21(3)4/h21-24H,1,7-20H2,2-6H3. The van der Waals surface area contributed by atoms with E-state index in [0.29, 0.717) is 0 Å². The van der Waals surface area contributed by atoms with Crippen LogP contribution in [-0.4, -0.2) is 24.4 Å². The fourth-order valence-electron chi connectivity index (χ4n) is 3.60. The third kappa shape index (κ3) is 16.1. The predicted octanol–water partition coefficient (Wildman–Crippen LogP) is 7.89. The lowest BCUT2D eigenvalue weighted by molar-refractivity contribution is -0.114. The molecule has 1 radical (unpaired) electrons. The summed E-state index contributed by atoms with van der Waals surface area (Å²) >= 11 is 0. The largest absolute Gasteiger partial charge is 0.373 e. The molecule has 0 amide bonds. The molecule has 0 saturated carbocycles. The van der Waals surface area contributed by atoms with Crippen molar-refractivity contribution in [2.75, 3.05) is 0 Å². The highest BCUT2D eigenvalue weighted by Gasteiger charge is 2.23. The molecule has 0 aliphatic rings. The molecule has 0 spiro atoms. The van der Waals surface area contributed by atoms with Gasteiger partial charge in [-0.15, -0.1) is 0 Å². The minimum absolute atomic E-state index is 0.237. The fraction of sp³-hybridized carbons (Fsp3) is 0.958. The quantitative estimate of drug-likeness (QED) is 0.215. The molecule has 0 aromatic carbocycles. The second kappa shape index (κ2) is 18.3. The Balaban J connectivity index is 3.75. The molecule has 0 saturated heterocycles. The number of rotatable bonds is 19. The minimum atomic E-state index is 0.237. The lowest BCUT2D eigenvalue weighted by atomic mass is 10.0. The van der Waals surface area contributed by atoms with Crippen LogP contribution in [-0.2, 0) is 9.47 Å². The molecule has 0 aliphatic heterocycles. The van der Waals surface area contributed by atoms with E-state index in [1.165, 1.54) is 70.6 Å². The van der Waals surface area contributed by atoms with Crippen molar-refractivity contribution in [2.45, 2.75) is 149 Å². The summed E-state index contributed by atoms with van der Waals surface area (Å²) in [6.07, 6.45) is 19.4. The van der Waals surface area contributed by atoms with Crippen molar-refractivity contribution in [3.63, 3.8) is 0 Å². The molecule has 0 aliphatic carbocycles. The lowest BCUT2D eigenvalue weighted by Crippen LogP contribution is -2.35. The monoisotopic (exact) mass is 369 g/mol. The van der Waals surface area contributed by atoms with Gasteiger partial charge in [-0.2, -0.15) is 0 Å². The summed E-state index contributed by atoms with van der Waals surface area (Å²) in [6.45, 7) is 14.6. The van der Waals surface area contributed by atoms with E-state index in [9.17, 15) is 0 Å². The lowest BCUT2D eigenvalue weighted by Gasteiger charge is -2.30. The van der Waals surface area contributed by atoms with Gasteiger partial charge in [-0.05, 0) is 40.5 Å². The molecule has 26 heavy (non-hydrogen) atoms. The first-order valence-electron chi connectivity index (χ1n) is 11.6. The van der Waals surface area contributed by atoms with Gasteiger partial charge in [0.2, 0.25) is 0 Å². The van der Waals surface area contributed by atoms with Crippen molar-refractivity contribution >= 4 is 0 Å². The van der Waals surface area contributed by atoms with Gasteiger partial charge in [0, 0.05) is 0 Å². The second-order valence-electron chi connectivity index (χ2n) is 8.39. The average molecular weight is 370 g/mol. The van der Waals surface area contributed by atoms with Gasteiger partial charge in [-0.3, -0.25) is 0 Å². The average Bonchev–Trinajstić information content (AvgIpc) is 2.59. The molecule has 2 nitrogen and oxygen atoms in total. The van der Waals surface area contributed by atoms with Crippen molar-refractivity contribution in [3.8, 4) is 0 Å². The topological polar surface area (TPSA) is 18.5 Å². The first kappa shape index (κ1) is 25.9. The SMILES string of the molecule is [CH2]CCCCCCCCCCCCCC(OC(C)C)C(CC)OC(C)C. The number of ether oxygens (including phenoxy) is 2. The maximum Gasteiger partial charge on any atom is 0.0840 e. The summed E-state index contributed by atoms with van der Waals surface area (Å²) in [5.74, 6) is 0. The summed E-state index contributed by atoms with van der Waals surface area (Å²) in [5, 5.41) is 0.